The third-order valence-electron chi connectivity index (χ3n) is 4.13. The minimum Gasteiger partial charge on any atom is -0.477 e. The van der Waals surface area contributed by atoms with Crippen molar-refractivity contribution in [2.75, 3.05) is 0 Å². The molecule has 3 rings (SSSR count). The highest BCUT2D eigenvalue weighted by molar-refractivity contribution is 7.89. The maximum Gasteiger partial charge on any atom is 0.346 e. The van der Waals surface area contributed by atoms with Crippen LogP contribution in [-0.2, 0) is 10.0 Å². The van der Waals surface area contributed by atoms with Crippen LogP contribution in [0.1, 0.15) is 20.8 Å². The molecule has 0 saturated heterocycles. The number of carbonyl (C=O) groups is 1. The van der Waals surface area contributed by atoms with Crippen molar-refractivity contribution in [2.45, 2.75) is 18.7 Å². The van der Waals surface area contributed by atoms with E-state index in [2.05, 4.69) is 0 Å². The Kier molecular flexibility index (Phi) is 4.70. The van der Waals surface area contributed by atoms with Crippen LogP contribution in [0.5, 0.6) is 0 Å². The molecule has 26 heavy (non-hydrogen) atoms. The number of aryl methyl sites for hydroxylation is 1. The Balaban J connectivity index is 2.18. The van der Waals surface area contributed by atoms with Crippen molar-refractivity contribution in [3.05, 3.63) is 64.5 Å². The molecule has 0 unspecified atom stereocenters. The quantitative estimate of drug-likeness (QED) is 0.706. The van der Waals surface area contributed by atoms with Gasteiger partial charge in [0.15, 0.2) is 0 Å². The highest BCUT2D eigenvalue weighted by atomic mass is 32.2. The van der Waals surface area contributed by atoms with Crippen molar-refractivity contribution in [2.24, 2.45) is 5.14 Å². The zero-order valence-corrected chi connectivity index (χ0v) is 15.8. The lowest BCUT2D eigenvalue weighted by Crippen LogP contribution is -2.11. The molecule has 0 atom stereocenters. The first-order valence-corrected chi connectivity index (χ1v) is 10.1. The summed E-state index contributed by atoms with van der Waals surface area (Å²) in [5, 5.41) is 14.8. The van der Waals surface area contributed by atoms with E-state index in [0.717, 1.165) is 21.6 Å². The second kappa shape index (κ2) is 6.68. The maximum atomic E-state index is 11.8. The summed E-state index contributed by atoms with van der Waals surface area (Å²) in [5.41, 5.74) is 4.16. The van der Waals surface area contributed by atoms with Crippen molar-refractivity contribution in [3.8, 4) is 21.6 Å². The first kappa shape index (κ1) is 18.3. The number of carboxylic acid groups (broad SMARTS) is 1. The predicted molar refractivity (Wildman–Crippen MR) is 103 cm³/mol. The highest BCUT2D eigenvalue weighted by Gasteiger charge is 2.22. The topological polar surface area (TPSA) is 97.5 Å². The van der Waals surface area contributed by atoms with Gasteiger partial charge in [-0.05, 0) is 42.7 Å². The van der Waals surface area contributed by atoms with Gasteiger partial charge < -0.3 is 5.11 Å². The lowest BCUT2D eigenvalue weighted by atomic mass is 9.99. The Bertz CT molecular complexity index is 1080. The number of thiophene rings is 1. The molecule has 0 aliphatic carbocycles. The zero-order valence-electron chi connectivity index (χ0n) is 14.2. The summed E-state index contributed by atoms with van der Waals surface area (Å²) in [6, 6.07) is 13.8. The van der Waals surface area contributed by atoms with Gasteiger partial charge in [-0.15, -0.1) is 11.3 Å². The fourth-order valence-electron chi connectivity index (χ4n) is 2.80. The molecular formula is C19H17NO4S2. The van der Waals surface area contributed by atoms with E-state index >= 15 is 0 Å². The fraction of sp³-hybridized carbons (Fsp3) is 0.105. The molecule has 0 aliphatic heterocycles. The number of primary sulfonamides is 1. The van der Waals surface area contributed by atoms with E-state index in [1.54, 1.807) is 12.1 Å². The SMILES string of the molecule is Cc1ccc(-c2sc(C(=O)O)c(-c3ccc(S(N)(=O)=O)cc3)c2C)cc1. The average Bonchev–Trinajstić information content (AvgIpc) is 2.92. The number of nitrogens with two attached hydrogens (primary N) is 1. The Morgan fingerprint density at radius 2 is 1.50 bits per heavy atom. The number of rotatable bonds is 4. The van der Waals surface area contributed by atoms with E-state index in [1.807, 2.05) is 38.1 Å². The van der Waals surface area contributed by atoms with Crippen LogP contribution in [0.15, 0.2) is 53.4 Å². The van der Waals surface area contributed by atoms with Gasteiger partial charge >= 0.3 is 5.97 Å². The molecule has 7 heteroatoms. The van der Waals surface area contributed by atoms with E-state index in [0.29, 0.717) is 11.1 Å². The molecule has 0 radical (unpaired) electrons. The van der Waals surface area contributed by atoms with Gasteiger partial charge in [-0.1, -0.05) is 42.0 Å². The minimum atomic E-state index is -3.79. The number of hydrogen-bond donors (Lipinski definition) is 2. The van der Waals surface area contributed by atoms with E-state index in [1.165, 1.54) is 23.5 Å². The van der Waals surface area contributed by atoms with E-state index in [9.17, 15) is 18.3 Å². The van der Waals surface area contributed by atoms with Crippen LogP contribution < -0.4 is 5.14 Å². The van der Waals surface area contributed by atoms with Crippen LogP contribution in [0.2, 0.25) is 0 Å². The highest BCUT2D eigenvalue weighted by Crippen LogP contribution is 2.42. The average molecular weight is 387 g/mol. The van der Waals surface area contributed by atoms with Crippen molar-refractivity contribution in [1.82, 2.24) is 0 Å². The monoisotopic (exact) mass is 387 g/mol. The summed E-state index contributed by atoms with van der Waals surface area (Å²) in [7, 11) is -3.79. The standard InChI is InChI=1S/C19H17NO4S2/c1-11-3-5-14(6-4-11)17-12(2)16(18(25-17)19(21)22)13-7-9-15(10-8-13)26(20,23)24/h3-10H,1-2H3,(H,21,22)(H2,20,23,24). The first-order chi connectivity index (χ1) is 12.2. The second-order valence-corrected chi connectivity index (χ2v) is 8.58. The normalized spacial score (nSPS) is 11.5. The van der Waals surface area contributed by atoms with E-state index in [4.69, 9.17) is 5.14 Å². The number of carboxylic acids is 1. The van der Waals surface area contributed by atoms with E-state index < -0.39 is 16.0 Å². The lowest BCUT2D eigenvalue weighted by molar-refractivity contribution is 0.0703. The Labute approximate surface area is 155 Å². The molecule has 0 aliphatic rings. The van der Waals surface area contributed by atoms with Gasteiger partial charge in [-0.25, -0.2) is 18.4 Å². The molecule has 1 aromatic heterocycles. The van der Waals surface area contributed by atoms with Gasteiger partial charge in [0.1, 0.15) is 4.88 Å². The smallest absolute Gasteiger partial charge is 0.346 e. The van der Waals surface area contributed by atoms with Gasteiger partial charge in [0.25, 0.3) is 0 Å². The molecule has 0 spiro atoms. The second-order valence-electron chi connectivity index (χ2n) is 6.00. The number of sulfonamides is 1. The molecule has 3 N–H and O–H groups in total. The number of benzene rings is 2. The number of aromatic carboxylic acids is 1. The molecular weight excluding hydrogens is 370 g/mol. The first-order valence-electron chi connectivity index (χ1n) is 7.75. The molecule has 0 saturated carbocycles. The van der Waals surface area contributed by atoms with Crippen molar-refractivity contribution in [1.29, 1.82) is 0 Å². The molecule has 2 aromatic carbocycles. The van der Waals surface area contributed by atoms with Gasteiger partial charge in [0, 0.05) is 10.4 Å². The Morgan fingerprint density at radius 1 is 0.962 bits per heavy atom. The van der Waals surface area contributed by atoms with Crippen molar-refractivity contribution in [3.63, 3.8) is 0 Å². The summed E-state index contributed by atoms with van der Waals surface area (Å²) >= 11 is 1.22. The molecule has 0 bridgehead atoms. The predicted octanol–water partition coefficient (Wildman–Crippen LogP) is 4.04. The summed E-state index contributed by atoms with van der Waals surface area (Å²) in [5.74, 6) is -1.01. The maximum absolute atomic E-state index is 11.8. The molecule has 0 fully saturated rings. The minimum absolute atomic E-state index is 0.00948. The molecule has 0 amide bonds. The van der Waals surface area contributed by atoms with Crippen LogP contribution in [0.3, 0.4) is 0 Å². The van der Waals surface area contributed by atoms with Gasteiger partial charge in [-0.2, -0.15) is 0 Å². The molecule has 134 valence electrons. The zero-order chi connectivity index (χ0) is 19.1. The Morgan fingerprint density at radius 3 is 2.00 bits per heavy atom. The van der Waals surface area contributed by atoms with Crippen LogP contribution >= 0.6 is 11.3 Å². The van der Waals surface area contributed by atoms with Crippen LogP contribution in [0, 0.1) is 13.8 Å². The fourth-order valence-corrected chi connectivity index (χ4v) is 4.49. The molecule has 1 heterocycles. The largest absolute Gasteiger partial charge is 0.477 e. The summed E-state index contributed by atoms with van der Waals surface area (Å²) in [6.07, 6.45) is 0. The van der Waals surface area contributed by atoms with Crippen LogP contribution in [0.25, 0.3) is 21.6 Å². The van der Waals surface area contributed by atoms with Crippen molar-refractivity contribution >= 4 is 27.3 Å². The summed E-state index contributed by atoms with van der Waals surface area (Å²) in [6.45, 7) is 3.87. The third-order valence-corrected chi connectivity index (χ3v) is 6.38. The third kappa shape index (κ3) is 3.41. The van der Waals surface area contributed by atoms with Crippen LogP contribution in [0.4, 0.5) is 0 Å². The summed E-state index contributed by atoms with van der Waals surface area (Å²) < 4.78 is 22.9. The van der Waals surface area contributed by atoms with Gasteiger partial charge in [0.2, 0.25) is 10.0 Å². The number of hydrogen-bond acceptors (Lipinski definition) is 4. The van der Waals surface area contributed by atoms with Gasteiger partial charge in [0.05, 0.1) is 4.90 Å². The van der Waals surface area contributed by atoms with Gasteiger partial charge in [-0.3, -0.25) is 0 Å². The molecule has 5 nitrogen and oxygen atoms in total. The van der Waals surface area contributed by atoms with Crippen LogP contribution in [-0.4, -0.2) is 19.5 Å². The summed E-state index contributed by atoms with van der Waals surface area (Å²) in [4.78, 5) is 12.9. The molecule has 3 aromatic rings. The lowest BCUT2D eigenvalue weighted by Gasteiger charge is -2.06. The van der Waals surface area contributed by atoms with Crippen molar-refractivity contribution < 1.29 is 18.3 Å². The van der Waals surface area contributed by atoms with E-state index in [-0.39, 0.29) is 9.77 Å². The Hall–Kier alpha value is -2.48.